The minimum atomic E-state index is -0.283. The molecule has 1 aromatic heterocycles. The van der Waals surface area contributed by atoms with Crippen molar-refractivity contribution in [1.82, 2.24) is 20.9 Å². The van der Waals surface area contributed by atoms with Crippen LogP contribution in [0.5, 0.6) is 17.4 Å². The van der Waals surface area contributed by atoms with E-state index in [9.17, 15) is 4.79 Å². The molecular formula is C23H34IN5O3. The summed E-state index contributed by atoms with van der Waals surface area (Å²) in [6.07, 6.45) is 2.59. The molecule has 8 nitrogen and oxygen atoms in total. The second kappa shape index (κ2) is 13.8. The maximum Gasteiger partial charge on any atom is 0.239 e. The number of para-hydroxylation sites is 2. The highest BCUT2D eigenvalue weighted by atomic mass is 127. The van der Waals surface area contributed by atoms with Gasteiger partial charge in [0.05, 0.1) is 13.2 Å². The Morgan fingerprint density at radius 1 is 1.09 bits per heavy atom. The molecule has 0 aliphatic rings. The fraction of sp³-hybridized carbons (Fsp3) is 0.435. The molecule has 1 amide bonds. The molecule has 0 aliphatic carbocycles. The minimum absolute atomic E-state index is 0. The number of carbonyl (C=O) groups is 1. The van der Waals surface area contributed by atoms with Crippen LogP contribution in [-0.2, 0) is 11.3 Å². The average Bonchev–Trinajstić information content (AvgIpc) is 2.73. The molecule has 32 heavy (non-hydrogen) atoms. The first-order chi connectivity index (χ1) is 14.8. The number of rotatable bonds is 9. The van der Waals surface area contributed by atoms with Crippen LogP contribution in [0.3, 0.4) is 0 Å². The molecule has 0 spiro atoms. The molecule has 0 radical (unpaired) electrons. The molecule has 1 heterocycles. The number of benzene rings is 1. The quantitative estimate of drug-likeness (QED) is 0.247. The Labute approximate surface area is 207 Å². The topological polar surface area (TPSA) is 96.9 Å². The van der Waals surface area contributed by atoms with Crippen molar-refractivity contribution in [2.24, 2.45) is 4.99 Å². The number of aromatic nitrogens is 1. The zero-order chi connectivity index (χ0) is 22.7. The number of hydrogen-bond acceptors (Lipinski definition) is 5. The van der Waals surface area contributed by atoms with Gasteiger partial charge in [0.1, 0.15) is 0 Å². The SMILES string of the molecule is CCCOc1ccccc1Oc1ncccc1CNC(=NC)NCC(=O)NC(C)(C)C.I. The first kappa shape index (κ1) is 27.5. The maximum atomic E-state index is 12.0. The molecular weight excluding hydrogens is 521 g/mol. The van der Waals surface area contributed by atoms with E-state index in [-0.39, 0.29) is 42.0 Å². The number of amides is 1. The number of nitrogens with one attached hydrogen (secondary N) is 3. The van der Waals surface area contributed by atoms with Crippen LogP contribution >= 0.6 is 24.0 Å². The van der Waals surface area contributed by atoms with Gasteiger partial charge < -0.3 is 25.4 Å². The highest BCUT2D eigenvalue weighted by Gasteiger charge is 2.14. The van der Waals surface area contributed by atoms with Crippen LogP contribution in [-0.4, -0.2) is 42.6 Å². The van der Waals surface area contributed by atoms with Gasteiger partial charge in [-0.05, 0) is 45.4 Å². The van der Waals surface area contributed by atoms with Crippen LogP contribution in [0, 0.1) is 0 Å². The summed E-state index contributed by atoms with van der Waals surface area (Å²) < 4.78 is 11.8. The molecule has 0 bridgehead atoms. The largest absolute Gasteiger partial charge is 0.490 e. The second-order valence-corrected chi connectivity index (χ2v) is 7.94. The summed E-state index contributed by atoms with van der Waals surface area (Å²) in [5, 5.41) is 9.10. The molecule has 0 atom stereocenters. The van der Waals surface area contributed by atoms with Crippen LogP contribution in [0.2, 0.25) is 0 Å². The Bertz CT molecular complexity index is 884. The van der Waals surface area contributed by atoms with Crippen molar-refractivity contribution in [3.05, 3.63) is 48.2 Å². The molecule has 2 aromatic rings. The third-order valence-electron chi connectivity index (χ3n) is 3.97. The lowest BCUT2D eigenvalue weighted by Crippen LogP contribution is -2.48. The van der Waals surface area contributed by atoms with Crippen LogP contribution < -0.4 is 25.4 Å². The van der Waals surface area contributed by atoms with E-state index < -0.39 is 0 Å². The summed E-state index contributed by atoms with van der Waals surface area (Å²) in [6, 6.07) is 11.3. The number of halogens is 1. The average molecular weight is 555 g/mol. The molecule has 0 fully saturated rings. The highest BCUT2D eigenvalue weighted by molar-refractivity contribution is 14.0. The smallest absolute Gasteiger partial charge is 0.239 e. The lowest BCUT2D eigenvalue weighted by atomic mass is 10.1. The molecule has 2 rings (SSSR count). The van der Waals surface area contributed by atoms with Crippen LogP contribution in [0.25, 0.3) is 0 Å². The van der Waals surface area contributed by atoms with Gasteiger partial charge in [0.2, 0.25) is 11.8 Å². The molecule has 9 heteroatoms. The van der Waals surface area contributed by atoms with E-state index in [1.54, 1.807) is 13.2 Å². The van der Waals surface area contributed by atoms with Gasteiger partial charge in [-0.3, -0.25) is 9.79 Å². The van der Waals surface area contributed by atoms with Gasteiger partial charge in [0.25, 0.3) is 0 Å². The van der Waals surface area contributed by atoms with Gasteiger partial charge in [-0.1, -0.05) is 25.1 Å². The molecule has 0 aliphatic heterocycles. The molecule has 0 unspecified atom stereocenters. The number of carbonyl (C=O) groups excluding carboxylic acids is 1. The van der Waals surface area contributed by atoms with E-state index in [1.165, 1.54) is 0 Å². The van der Waals surface area contributed by atoms with E-state index in [1.807, 2.05) is 57.2 Å². The molecule has 0 saturated heterocycles. The van der Waals surface area contributed by atoms with Gasteiger partial charge in [-0.2, -0.15) is 0 Å². The predicted octanol–water partition coefficient (Wildman–Crippen LogP) is 3.86. The van der Waals surface area contributed by atoms with Crippen molar-refractivity contribution >= 4 is 35.8 Å². The summed E-state index contributed by atoms with van der Waals surface area (Å²) in [5.74, 6) is 2.16. The highest BCUT2D eigenvalue weighted by Crippen LogP contribution is 2.31. The summed E-state index contributed by atoms with van der Waals surface area (Å²) in [4.78, 5) is 20.6. The van der Waals surface area contributed by atoms with E-state index in [0.29, 0.717) is 36.5 Å². The van der Waals surface area contributed by atoms with E-state index in [0.717, 1.165) is 12.0 Å². The Morgan fingerprint density at radius 3 is 2.47 bits per heavy atom. The van der Waals surface area contributed by atoms with Crippen LogP contribution in [0.15, 0.2) is 47.6 Å². The third kappa shape index (κ3) is 9.71. The van der Waals surface area contributed by atoms with Crippen molar-refractivity contribution in [1.29, 1.82) is 0 Å². The molecule has 3 N–H and O–H groups in total. The standard InChI is InChI=1S/C23H33N5O3.HI/c1-6-14-30-18-11-7-8-12-19(18)31-21-17(10-9-13-25-21)15-26-22(24-5)27-16-20(29)28-23(2,3)4;/h7-13H,6,14-16H2,1-5H3,(H,28,29)(H2,24,26,27);1H. The van der Waals surface area contributed by atoms with Crippen molar-refractivity contribution in [3.63, 3.8) is 0 Å². The fourth-order valence-corrected chi connectivity index (χ4v) is 2.65. The monoisotopic (exact) mass is 555 g/mol. The van der Waals surface area contributed by atoms with Gasteiger partial charge in [-0.25, -0.2) is 4.98 Å². The van der Waals surface area contributed by atoms with Crippen molar-refractivity contribution in [3.8, 4) is 17.4 Å². The minimum Gasteiger partial charge on any atom is -0.490 e. The number of hydrogen-bond donors (Lipinski definition) is 3. The molecule has 0 saturated carbocycles. The molecule has 1 aromatic carbocycles. The van der Waals surface area contributed by atoms with Gasteiger partial charge in [0, 0.05) is 30.9 Å². The number of guanidine groups is 1. The molecule has 176 valence electrons. The van der Waals surface area contributed by atoms with Crippen LogP contribution in [0.4, 0.5) is 0 Å². The first-order valence-corrected chi connectivity index (χ1v) is 10.4. The van der Waals surface area contributed by atoms with E-state index in [2.05, 4.69) is 32.9 Å². The second-order valence-electron chi connectivity index (χ2n) is 7.94. The van der Waals surface area contributed by atoms with Crippen molar-refractivity contribution in [2.45, 2.75) is 46.2 Å². The summed E-state index contributed by atoms with van der Waals surface area (Å²) in [7, 11) is 1.65. The van der Waals surface area contributed by atoms with Crippen molar-refractivity contribution < 1.29 is 14.3 Å². The van der Waals surface area contributed by atoms with Crippen molar-refractivity contribution in [2.75, 3.05) is 20.2 Å². The summed E-state index contributed by atoms with van der Waals surface area (Å²) in [6.45, 7) is 9.02. The van der Waals surface area contributed by atoms with Gasteiger partial charge >= 0.3 is 0 Å². The Morgan fingerprint density at radius 2 is 1.81 bits per heavy atom. The van der Waals surface area contributed by atoms with Gasteiger partial charge in [-0.15, -0.1) is 24.0 Å². The van der Waals surface area contributed by atoms with E-state index in [4.69, 9.17) is 9.47 Å². The maximum absolute atomic E-state index is 12.0. The lowest BCUT2D eigenvalue weighted by molar-refractivity contribution is -0.121. The zero-order valence-electron chi connectivity index (χ0n) is 19.4. The fourth-order valence-electron chi connectivity index (χ4n) is 2.65. The van der Waals surface area contributed by atoms with Crippen LogP contribution in [0.1, 0.15) is 39.7 Å². The van der Waals surface area contributed by atoms with Gasteiger partial charge in [0.15, 0.2) is 17.5 Å². The lowest BCUT2D eigenvalue weighted by Gasteiger charge is -2.21. The number of ether oxygens (including phenoxy) is 2. The Kier molecular flexibility index (Phi) is 11.8. The normalized spacial score (nSPS) is 11.2. The predicted molar refractivity (Wildman–Crippen MR) is 138 cm³/mol. The number of aliphatic imine (C=N–C) groups is 1. The number of nitrogens with zero attached hydrogens (tertiary/aromatic N) is 2. The Balaban J connectivity index is 0.00000512. The first-order valence-electron chi connectivity index (χ1n) is 10.4. The van der Waals surface area contributed by atoms with E-state index >= 15 is 0 Å². The number of pyridine rings is 1. The third-order valence-corrected chi connectivity index (χ3v) is 3.97. The summed E-state index contributed by atoms with van der Waals surface area (Å²) >= 11 is 0. The Hall–Kier alpha value is -2.56. The summed E-state index contributed by atoms with van der Waals surface area (Å²) in [5.41, 5.74) is 0.560. The zero-order valence-corrected chi connectivity index (χ0v) is 21.7.